The second-order valence-electron chi connectivity index (χ2n) is 9.11. The van der Waals surface area contributed by atoms with Crippen molar-refractivity contribution in [2.24, 2.45) is 0 Å². The molecule has 4 nitrogen and oxygen atoms in total. The van der Waals surface area contributed by atoms with Crippen LogP contribution in [-0.2, 0) is 6.42 Å². The van der Waals surface area contributed by atoms with Gasteiger partial charge in [-0.05, 0) is 62.5 Å². The highest BCUT2D eigenvalue weighted by molar-refractivity contribution is 7.10. The molecular formula is C28H30F3N3OS. The summed E-state index contributed by atoms with van der Waals surface area (Å²) in [4.78, 5) is 20.1. The van der Waals surface area contributed by atoms with Gasteiger partial charge in [0.1, 0.15) is 5.69 Å². The van der Waals surface area contributed by atoms with Crippen LogP contribution in [0.5, 0.6) is 0 Å². The molecule has 0 unspecified atom stereocenters. The number of anilines is 1. The fraction of sp³-hybridized carbons (Fsp3) is 0.357. The summed E-state index contributed by atoms with van der Waals surface area (Å²) >= 11 is 1.53. The van der Waals surface area contributed by atoms with Crippen molar-refractivity contribution in [1.82, 2.24) is 9.88 Å². The number of halogens is 3. The van der Waals surface area contributed by atoms with Gasteiger partial charge in [0.2, 0.25) is 0 Å². The third-order valence-corrected chi connectivity index (χ3v) is 7.43. The fourth-order valence-electron chi connectivity index (χ4n) is 4.51. The zero-order valence-electron chi connectivity index (χ0n) is 20.1. The number of benzene rings is 2. The molecule has 1 fully saturated rings. The lowest BCUT2D eigenvalue weighted by Gasteiger charge is -2.30. The summed E-state index contributed by atoms with van der Waals surface area (Å²) in [5.41, 5.74) is 2.65. The van der Waals surface area contributed by atoms with Crippen LogP contribution in [0.2, 0.25) is 0 Å². The minimum Gasteiger partial charge on any atom is -0.320 e. The van der Waals surface area contributed by atoms with Crippen LogP contribution in [0.1, 0.15) is 52.7 Å². The first-order chi connectivity index (χ1) is 17.3. The van der Waals surface area contributed by atoms with Crippen molar-refractivity contribution in [2.45, 2.75) is 44.2 Å². The smallest absolute Gasteiger partial charge is 0.320 e. The summed E-state index contributed by atoms with van der Waals surface area (Å²) in [5, 5.41) is 5.74. The minimum absolute atomic E-state index is 0.199. The summed E-state index contributed by atoms with van der Waals surface area (Å²) < 4.78 is 38.0. The van der Waals surface area contributed by atoms with Gasteiger partial charge in [-0.15, -0.1) is 17.9 Å². The number of amides is 1. The lowest BCUT2D eigenvalue weighted by molar-refractivity contribution is -0.127. The summed E-state index contributed by atoms with van der Waals surface area (Å²) in [6.07, 6.45) is 0.994. The number of nitrogens with zero attached hydrogens (tertiary/aromatic N) is 2. The summed E-state index contributed by atoms with van der Waals surface area (Å²) in [7, 11) is 0. The number of thiazole rings is 1. The van der Waals surface area contributed by atoms with Gasteiger partial charge >= 0.3 is 6.18 Å². The normalized spacial score (nSPS) is 15.1. The summed E-state index contributed by atoms with van der Waals surface area (Å²) in [5.74, 6) is 0.0789. The van der Waals surface area contributed by atoms with E-state index in [0.717, 1.165) is 61.5 Å². The number of likely N-dealkylation sites (tertiary alicyclic amines) is 1. The molecule has 1 amide bonds. The first-order valence-corrected chi connectivity index (χ1v) is 13.1. The fourth-order valence-corrected chi connectivity index (χ4v) is 5.48. The Kier molecular flexibility index (Phi) is 8.59. The Morgan fingerprint density at radius 2 is 1.86 bits per heavy atom. The van der Waals surface area contributed by atoms with Gasteiger partial charge in [-0.25, -0.2) is 4.98 Å². The minimum atomic E-state index is -4.25. The first kappa shape index (κ1) is 26.1. The van der Waals surface area contributed by atoms with Gasteiger partial charge in [0, 0.05) is 22.5 Å². The number of para-hydroxylation sites is 1. The molecule has 0 spiro atoms. The largest absolute Gasteiger partial charge is 0.393 e. The molecule has 0 bridgehead atoms. The number of carbonyl (C=O) groups is 1. The van der Waals surface area contributed by atoms with Crippen molar-refractivity contribution in [2.75, 3.05) is 25.0 Å². The highest BCUT2D eigenvalue weighted by Gasteiger charge is 2.27. The predicted molar refractivity (Wildman–Crippen MR) is 140 cm³/mol. The molecule has 190 valence electrons. The highest BCUT2D eigenvalue weighted by Crippen LogP contribution is 2.32. The molecule has 1 aliphatic heterocycles. The Balaban J connectivity index is 1.39. The molecule has 2 aromatic carbocycles. The van der Waals surface area contributed by atoms with Gasteiger partial charge in [0.05, 0.1) is 11.4 Å². The van der Waals surface area contributed by atoms with Crippen molar-refractivity contribution < 1.29 is 18.0 Å². The third-order valence-electron chi connectivity index (χ3n) is 6.42. The van der Waals surface area contributed by atoms with E-state index in [0.29, 0.717) is 17.3 Å². The molecule has 0 aliphatic carbocycles. The number of carbonyl (C=O) groups excluding carboxylic acids is 1. The second-order valence-corrected chi connectivity index (χ2v) is 10.00. The molecule has 0 saturated carbocycles. The van der Waals surface area contributed by atoms with Crippen LogP contribution < -0.4 is 5.32 Å². The molecule has 4 rings (SSSR count). The second kappa shape index (κ2) is 11.8. The molecule has 1 saturated heterocycles. The Morgan fingerprint density at radius 3 is 2.56 bits per heavy atom. The Morgan fingerprint density at radius 1 is 1.14 bits per heavy atom. The Labute approximate surface area is 213 Å². The number of hydrogen-bond acceptors (Lipinski definition) is 4. The molecule has 1 aromatic heterocycles. The van der Waals surface area contributed by atoms with E-state index >= 15 is 0 Å². The maximum Gasteiger partial charge on any atom is 0.393 e. The molecule has 0 radical (unpaired) electrons. The van der Waals surface area contributed by atoms with Crippen molar-refractivity contribution >= 4 is 22.9 Å². The molecule has 0 atom stereocenters. The van der Waals surface area contributed by atoms with Crippen molar-refractivity contribution in [3.05, 3.63) is 82.8 Å². The maximum atomic E-state index is 13.0. The van der Waals surface area contributed by atoms with Gasteiger partial charge in [-0.2, -0.15) is 13.2 Å². The molecular weight excluding hydrogens is 483 g/mol. The van der Waals surface area contributed by atoms with E-state index in [1.54, 1.807) is 23.6 Å². The lowest BCUT2D eigenvalue weighted by Crippen LogP contribution is -2.33. The van der Waals surface area contributed by atoms with E-state index in [1.165, 1.54) is 23.5 Å². The summed E-state index contributed by atoms with van der Waals surface area (Å²) in [6.45, 7) is 6.95. The van der Waals surface area contributed by atoms with E-state index in [9.17, 15) is 18.0 Å². The van der Waals surface area contributed by atoms with Crippen LogP contribution in [-0.4, -0.2) is 41.6 Å². The molecule has 2 heterocycles. The Hall–Kier alpha value is -2.97. The number of hydrogen-bond donors (Lipinski definition) is 1. The molecule has 36 heavy (non-hydrogen) atoms. The van der Waals surface area contributed by atoms with E-state index in [2.05, 4.69) is 21.8 Å². The number of allylic oxidation sites excluding steroid dienone is 1. The molecule has 1 aliphatic rings. The van der Waals surface area contributed by atoms with Crippen molar-refractivity contribution in [3.63, 3.8) is 0 Å². The highest BCUT2D eigenvalue weighted by atomic mass is 32.1. The van der Waals surface area contributed by atoms with Crippen LogP contribution in [0.25, 0.3) is 11.1 Å². The van der Waals surface area contributed by atoms with Crippen molar-refractivity contribution in [3.8, 4) is 11.1 Å². The number of rotatable bonds is 9. The zero-order valence-corrected chi connectivity index (χ0v) is 20.9. The SMILES string of the molecule is C=CCCCN1CCC(c2nc(C(=O)Nc3ccccc3-c3ccc(CC(F)(F)F)cc3)cs2)CC1. The number of alkyl halides is 3. The van der Waals surface area contributed by atoms with Crippen LogP contribution in [0, 0.1) is 0 Å². The molecule has 3 aromatic rings. The van der Waals surface area contributed by atoms with Crippen LogP contribution in [0.3, 0.4) is 0 Å². The van der Waals surface area contributed by atoms with Crippen molar-refractivity contribution in [1.29, 1.82) is 0 Å². The topological polar surface area (TPSA) is 45.2 Å². The quantitative estimate of drug-likeness (QED) is 0.241. The lowest BCUT2D eigenvalue weighted by atomic mass is 9.97. The molecule has 1 N–H and O–H groups in total. The number of unbranched alkanes of at least 4 members (excludes halogenated alkanes) is 1. The third kappa shape index (κ3) is 7.04. The summed E-state index contributed by atoms with van der Waals surface area (Å²) in [6, 6.07) is 13.5. The van der Waals surface area contributed by atoms with E-state index in [-0.39, 0.29) is 11.5 Å². The predicted octanol–water partition coefficient (Wildman–Crippen LogP) is 7.31. The Bertz CT molecular complexity index is 1170. The average Bonchev–Trinajstić information content (AvgIpc) is 3.35. The van der Waals surface area contributed by atoms with Gasteiger partial charge < -0.3 is 10.2 Å². The monoisotopic (exact) mass is 513 g/mol. The zero-order chi connectivity index (χ0) is 25.5. The van der Waals surface area contributed by atoms with Gasteiger partial charge in [-0.1, -0.05) is 48.5 Å². The number of piperidine rings is 1. The van der Waals surface area contributed by atoms with Gasteiger partial charge in [0.15, 0.2) is 0 Å². The maximum absolute atomic E-state index is 13.0. The first-order valence-electron chi connectivity index (χ1n) is 12.2. The van der Waals surface area contributed by atoms with E-state index in [1.807, 2.05) is 24.3 Å². The standard InChI is InChI=1S/C28H30F3N3OS/c1-2-3-6-15-34-16-13-22(14-17-34)27-33-25(19-36-27)26(35)32-24-8-5-4-7-23(24)21-11-9-20(10-12-21)18-28(29,30)31/h2,4-5,7-12,19,22H,1,3,6,13-18H2,(H,32,35). The van der Waals surface area contributed by atoms with Crippen LogP contribution >= 0.6 is 11.3 Å². The van der Waals surface area contributed by atoms with Gasteiger partial charge in [0.25, 0.3) is 5.91 Å². The number of nitrogens with one attached hydrogen (secondary N) is 1. The van der Waals surface area contributed by atoms with Crippen LogP contribution in [0.4, 0.5) is 18.9 Å². The van der Waals surface area contributed by atoms with E-state index in [4.69, 9.17) is 0 Å². The van der Waals surface area contributed by atoms with Gasteiger partial charge in [-0.3, -0.25) is 4.79 Å². The van der Waals surface area contributed by atoms with E-state index < -0.39 is 12.6 Å². The van der Waals surface area contributed by atoms with Crippen LogP contribution in [0.15, 0.2) is 66.6 Å². The molecule has 8 heteroatoms. The number of aromatic nitrogens is 1. The average molecular weight is 514 g/mol.